The fourth-order valence-corrected chi connectivity index (χ4v) is 1.95. The molecule has 1 atom stereocenters. The Hall–Kier alpha value is -1.84. The summed E-state index contributed by atoms with van der Waals surface area (Å²) in [5, 5.41) is 0. The van der Waals surface area contributed by atoms with E-state index >= 15 is 0 Å². The molecule has 0 radical (unpaired) electrons. The first-order valence-corrected chi connectivity index (χ1v) is 6.85. The Labute approximate surface area is 120 Å². The number of aryl methyl sites for hydroxylation is 1. The number of nitrogens with two attached hydrogens (primary N) is 1. The van der Waals surface area contributed by atoms with Crippen molar-refractivity contribution in [2.24, 2.45) is 5.73 Å². The average Bonchev–Trinajstić information content (AvgIpc) is 2.50. The Bertz CT molecular complexity index is 496. The topological polar surface area (TPSA) is 44.5 Å². The van der Waals surface area contributed by atoms with Crippen molar-refractivity contribution in [3.8, 4) is 5.75 Å². The van der Waals surface area contributed by atoms with Gasteiger partial charge in [-0.25, -0.2) is 0 Å². The van der Waals surface area contributed by atoms with E-state index in [1.165, 1.54) is 5.56 Å². The molecule has 0 aliphatic rings. The monoisotopic (exact) mass is 271 g/mol. The van der Waals surface area contributed by atoms with Crippen molar-refractivity contribution in [3.05, 3.63) is 65.7 Å². The molecule has 0 aromatic heterocycles. The molecule has 106 valence electrons. The van der Waals surface area contributed by atoms with Gasteiger partial charge in [0.15, 0.2) is 0 Å². The molecule has 3 heteroatoms. The molecule has 1 unspecified atom stereocenters. The van der Waals surface area contributed by atoms with E-state index in [4.69, 9.17) is 15.2 Å². The summed E-state index contributed by atoms with van der Waals surface area (Å²) >= 11 is 0. The second-order valence-corrected chi connectivity index (χ2v) is 4.67. The van der Waals surface area contributed by atoms with Crippen LogP contribution in [0.5, 0.6) is 5.75 Å². The molecule has 2 aromatic carbocycles. The lowest BCUT2D eigenvalue weighted by atomic mass is 10.1. The minimum atomic E-state index is -0.0741. The molecule has 3 nitrogen and oxygen atoms in total. The van der Waals surface area contributed by atoms with Gasteiger partial charge in [0, 0.05) is 6.54 Å². The first-order chi connectivity index (χ1) is 9.79. The highest BCUT2D eigenvalue weighted by atomic mass is 16.5. The largest absolute Gasteiger partial charge is 0.491 e. The first kappa shape index (κ1) is 14.6. The maximum absolute atomic E-state index is 5.79. The van der Waals surface area contributed by atoms with Gasteiger partial charge in [-0.1, -0.05) is 48.0 Å². The van der Waals surface area contributed by atoms with Crippen LogP contribution in [0.25, 0.3) is 0 Å². The zero-order valence-electron chi connectivity index (χ0n) is 11.8. The lowest BCUT2D eigenvalue weighted by Gasteiger charge is -2.17. The van der Waals surface area contributed by atoms with E-state index in [9.17, 15) is 0 Å². The molecule has 0 heterocycles. The van der Waals surface area contributed by atoms with Gasteiger partial charge in [0.05, 0.1) is 12.7 Å². The van der Waals surface area contributed by atoms with Gasteiger partial charge in [-0.3, -0.25) is 0 Å². The fraction of sp³-hybridized carbons (Fsp3) is 0.294. The molecule has 0 aliphatic heterocycles. The number of para-hydroxylation sites is 1. The first-order valence-electron chi connectivity index (χ1n) is 6.85. The van der Waals surface area contributed by atoms with E-state index in [0.717, 1.165) is 11.3 Å². The SMILES string of the molecule is Cc1ccc(C(CN)OCCOc2ccccc2)cc1. The number of ether oxygens (including phenoxy) is 2. The second kappa shape index (κ2) is 7.68. The van der Waals surface area contributed by atoms with Crippen molar-refractivity contribution in [3.63, 3.8) is 0 Å². The lowest BCUT2D eigenvalue weighted by molar-refractivity contribution is 0.0380. The van der Waals surface area contributed by atoms with Crippen LogP contribution in [0, 0.1) is 6.92 Å². The fourth-order valence-electron chi connectivity index (χ4n) is 1.95. The third kappa shape index (κ3) is 4.37. The van der Waals surface area contributed by atoms with Crippen LogP contribution in [0.3, 0.4) is 0 Å². The Morgan fingerprint density at radius 2 is 1.65 bits per heavy atom. The van der Waals surface area contributed by atoms with Crippen molar-refractivity contribution in [1.82, 2.24) is 0 Å². The maximum Gasteiger partial charge on any atom is 0.119 e. The molecule has 0 fully saturated rings. The predicted octanol–water partition coefficient (Wildman–Crippen LogP) is 3.09. The summed E-state index contributed by atoms with van der Waals surface area (Å²) in [7, 11) is 0. The molecule has 0 amide bonds. The molecule has 0 aliphatic carbocycles. The van der Waals surface area contributed by atoms with Gasteiger partial charge in [-0.15, -0.1) is 0 Å². The Balaban J connectivity index is 1.78. The van der Waals surface area contributed by atoms with E-state index in [2.05, 4.69) is 31.2 Å². The summed E-state index contributed by atoms with van der Waals surface area (Å²) in [5.41, 5.74) is 8.11. The van der Waals surface area contributed by atoms with Crippen LogP contribution in [0.1, 0.15) is 17.2 Å². The van der Waals surface area contributed by atoms with E-state index < -0.39 is 0 Å². The van der Waals surface area contributed by atoms with Gasteiger partial charge in [-0.05, 0) is 24.6 Å². The minimum Gasteiger partial charge on any atom is -0.491 e. The predicted molar refractivity (Wildman–Crippen MR) is 80.9 cm³/mol. The third-order valence-corrected chi connectivity index (χ3v) is 3.08. The quantitative estimate of drug-likeness (QED) is 0.787. The van der Waals surface area contributed by atoms with Crippen molar-refractivity contribution >= 4 is 0 Å². The zero-order chi connectivity index (χ0) is 14.2. The van der Waals surface area contributed by atoms with Gasteiger partial charge in [0.2, 0.25) is 0 Å². The maximum atomic E-state index is 5.79. The highest BCUT2D eigenvalue weighted by molar-refractivity contribution is 5.23. The molecule has 0 spiro atoms. The van der Waals surface area contributed by atoms with Crippen LogP contribution in [0.4, 0.5) is 0 Å². The zero-order valence-corrected chi connectivity index (χ0v) is 11.8. The summed E-state index contributed by atoms with van der Waals surface area (Å²) in [5.74, 6) is 0.857. The Morgan fingerprint density at radius 3 is 2.30 bits per heavy atom. The molecule has 2 rings (SSSR count). The van der Waals surface area contributed by atoms with Crippen LogP contribution < -0.4 is 10.5 Å². The van der Waals surface area contributed by atoms with Crippen molar-refractivity contribution in [2.75, 3.05) is 19.8 Å². The molecule has 20 heavy (non-hydrogen) atoms. The average molecular weight is 271 g/mol. The minimum absolute atomic E-state index is 0.0741. The Morgan fingerprint density at radius 1 is 0.950 bits per heavy atom. The second-order valence-electron chi connectivity index (χ2n) is 4.67. The summed E-state index contributed by atoms with van der Waals surface area (Å²) in [4.78, 5) is 0. The highest BCUT2D eigenvalue weighted by Crippen LogP contribution is 2.17. The van der Waals surface area contributed by atoms with Gasteiger partial charge >= 0.3 is 0 Å². The standard InChI is InChI=1S/C17H21NO2/c1-14-7-9-15(10-8-14)17(13-18)20-12-11-19-16-5-3-2-4-6-16/h2-10,17H,11-13,18H2,1H3. The van der Waals surface area contributed by atoms with E-state index in [-0.39, 0.29) is 6.10 Å². The van der Waals surface area contributed by atoms with Crippen LogP contribution in [0.15, 0.2) is 54.6 Å². The number of hydrogen-bond donors (Lipinski definition) is 1. The van der Waals surface area contributed by atoms with Gasteiger partial charge in [0.1, 0.15) is 12.4 Å². The Kier molecular flexibility index (Phi) is 5.59. The number of rotatable bonds is 7. The smallest absolute Gasteiger partial charge is 0.119 e. The number of hydrogen-bond acceptors (Lipinski definition) is 3. The summed E-state index contributed by atoms with van der Waals surface area (Å²) < 4.78 is 11.4. The molecule has 2 aromatic rings. The van der Waals surface area contributed by atoms with E-state index in [1.807, 2.05) is 30.3 Å². The third-order valence-electron chi connectivity index (χ3n) is 3.08. The lowest BCUT2D eigenvalue weighted by Crippen LogP contribution is -2.18. The van der Waals surface area contributed by atoms with Crippen molar-refractivity contribution in [1.29, 1.82) is 0 Å². The van der Waals surface area contributed by atoms with Gasteiger partial charge in [-0.2, -0.15) is 0 Å². The van der Waals surface area contributed by atoms with Crippen molar-refractivity contribution in [2.45, 2.75) is 13.0 Å². The number of benzene rings is 2. The van der Waals surface area contributed by atoms with Crippen LogP contribution in [-0.4, -0.2) is 19.8 Å². The summed E-state index contributed by atoms with van der Waals surface area (Å²) in [6, 6.07) is 18.0. The molecular weight excluding hydrogens is 250 g/mol. The summed E-state index contributed by atoms with van der Waals surface area (Å²) in [6.07, 6.45) is -0.0741. The normalized spacial score (nSPS) is 12.1. The summed E-state index contributed by atoms with van der Waals surface area (Å²) in [6.45, 7) is 3.57. The van der Waals surface area contributed by atoms with Gasteiger partial charge in [0.25, 0.3) is 0 Å². The van der Waals surface area contributed by atoms with E-state index in [1.54, 1.807) is 0 Å². The molecular formula is C17H21NO2. The molecule has 0 saturated carbocycles. The molecule has 2 N–H and O–H groups in total. The molecule has 0 saturated heterocycles. The van der Waals surface area contributed by atoms with Gasteiger partial charge < -0.3 is 15.2 Å². The van der Waals surface area contributed by atoms with Crippen LogP contribution in [0.2, 0.25) is 0 Å². The van der Waals surface area contributed by atoms with E-state index in [0.29, 0.717) is 19.8 Å². The van der Waals surface area contributed by atoms with Crippen LogP contribution >= 0.6 is 0 Å². The van der Waals surface area contributed by atoms with Crippen LogP contribution in [-0.2, 0) is 4.74 Å². The molecule has 0 bridgehead atoms. The van der Waals surface area contributed by atoms with Crippen molar-refractivity contribution < 1.29 is 9.47 Å². The highest BCUT2D eigenvalue weighted by Gasteiger charge is 2.09.